The van der Waals surface area contributed by atoms with E-state index in [2.05, 4.69) is 6.07 Å². The molecular formula is C20H18N2O3S. The van der Waals surface area contributed by atoms with E-state index in [1.165, 1.54) is 6.26 Å². The van der Waals surface area contributed by atoms with Gasteiger partial charge in [0, 0.05) is 36.1 Å². The summed E-state index contributed by atoms with van der Waals surface area (Å²) in [7, 11) is 0. The molecule has 2 aliphatic rings. The Morgan fingerprint density at radius 3 is 2.81 bits per heavy atom. The number of thiophene rings is 1. The summed E-state index contributed by atoms with van der Waals surface area (Å²) in [5, 5.41) is 1.99. The third-order valence-electron chi connectivity index (χ3n) is 5.41. The van der Waals surface area contributed by atoms with Crippen LogP contribution in [0.5, 0.6) is 0 Å². The van der Waals surface area contributed by atoms with Gasteiger partial charge in [0.05, 0.1) is 11.8 Å². The molecule has 0 unspecified atom stereocenters. The van der Waals surface area contributed by atoms with Crippen LogP contribution < -0.4 is 5.56 Å². The number of fused-ring (bicyclic) bond motifs is 4. The van der Waals surface area contributed by atoms with Gasteiger partial charge in [-0.25, -0.2) is 0 Å². The Labute approximate surface area is 154 Å². The van der Waals surface area contributed by atoms with Gasteiger partial charge in [0.1, 0.15) is 0 Å². The molecule has 0 spiro atoms. The van der Waals surface area contributed by atoms with Crippen LogP contribution in [0.1, 0.15) is 28.6 Å². The van der Waals surface area contributed by atoms with Gasteiger partial charge in [0.2, 0.25) is 0 Å². The average Bonchev–Trinajstić information content (AvgIpc) is 3.36. The molecule has 2 aliphatic heterocycles. The molecule has 3 aromatic heterocycles. The second kappa shape index (κ2) is 5.99. The Hall–Kier alpha value is -2.60. The van der Waals surface area contributed by atoms with E-state index in [4.69, 9.17) is 4.42 Å². The zero-order valence-electron chi connectivity index (χ0n) is 14.1. The van der Waals surface area contributed by atoms with Crippen molar-refractivity contribution in [1.29, 1.82) is 0 Å². The number of pyridine rings is 1. The molecule has 2 atom stereocenters. The lowest BCUT2D eigenvalue weighted by Gasteiger charge is -2.42. The summed E-state index contributed by atoms with van der Waals surface area (Å²) >= 11 is 1.59. The SMILES string of the molecule is O=C(c1ccco1)N1C[C@@H]2C[C@H](C1)c1ccc(-c3cccs3)c(=O)n1C2. The van der Waals surface area contributed by atoms with E-state index in [0.29, 0.717) is 31.3 Å². The number of carbonyl (C=O) groups excluding carboxylic acids is 1. The molecular weight excluding hydrogens is 348 g/mol. The highest BCUT2D eigenvalue weighted by molar-refractivity contribution is 7.13. The molecule has 26 heavy (non-hydrogen) atoms. The van der Waals surface area contributed by atoms with Gasteiger partial charge >= 0.3 is 0 Å². The smallest absolute Gasteiger partial charge is 0.289 e. The van der Waals surface area contributed by atoms with Crippen LogP contribution >= 0.6 is 11.3 Å². The molecule has 1 saturated heterocycles. The number of carbonyl (C=O) groups is 1. The average molecular weight is 366 g/mol. The van der Waals surface area contributed by atoms with Crippen LogP contribution in [0.25, 0.3) is 10.4 Å². The van der Waals surface area contributed by atoms with Gasteiger partial charge in [-0.05, 0) is 48.1 Å². The van der Waals surface area contributed by atoms with Gasteiger partial charge in [-0.1, -0.05) is 6.07 Å². The summed E-state index contributed by atoms with van der Waals surface area (Å²) in [6.07, 6.45) is 2.55. The third-order valence-corrected chi connectivity index (χ3v) is 6.31. The number of hydrogen-bond acceptors (Lipinski definition) is 4. The summed E-state index contributed by atoms with van der Waals surface area (Å²) in [5.41, 5.74) is 1.90. The first-order valence-corrected chi connectivity index (χ1v) is 9.69. The lowest BCUT2D eigenvalue weighted by Crippen LogP contribution is -2.49. The summed E-state index contributed by atoms with van der Waals surface area (Å²) in [6, 6.07) is 11.4. The van der Waals surface area contributed by atoms with Crippen LogP contribution in [0, 0.1) is 5.92 Å². The first-order valence-electron chi connectivity index (χ1n) is 8.81. The highest BCUT2D eigenvalue weighted by atomic mass is 32.1. The van der Waals surface area contributed by atoms with E-state index in [1.54, 1.807) is 23.5 Å². The van der Waals surface area contributed by atoms with Crippen molar-refractivity contribution in [2.24, 2.45) is 5.92 Å². The molecule has 2 bridgehead atoms. The fourth-order valence-electron chi connectivity index (χ4n) is 4.29. The lowest BCUT2D eigenvalue weighted by molar-refractivity contribution is 0.0564. The topological polar surface area (TPSA) is 55.5 Å². The molecule has 0 N–H and O–H groups in total. The Morgan fingerprint density at radius 1 is 1.12 bits per heavy atom. The zero-order chi connectivity index (χ0) is 17.7. The first kappa shape index (κ1) is 15.6. The van der Waals surface area contributed by atoms with Crippen LogP contribution in [-0.4, -0.2) is 28.5 Å². The predicted octanol–water partition coefficient (Wildman–Crippen LogP) is 3.43. The van der Waals surface area contributed by atoms with Crippen LogP contribution in [0.2, 0.25) is 0 Å². The van der Waals surface area contributed by atoms with Crippen molar-refractivity contribution in [1.82, 2.24) is 9.47 Å². The molecule has 0 aliphatic carbocycles. The minimum Gasteiger partial charge on any atom is -0.459 e. The van der Waals surface area contributed by atoms with Crippen molar-refractivity contribution >= 4 is 17.2 Å². The number of aromatic nitrogens is 1. The number of rotatable bonds is 2. The lowest BCUT2D eigenvalue weighted by atomic mass is 9.83. The van der Waals surface area contributed by atoms with E-state index in [1.807, 2.05) is 33.0 Å². The Kier molecular flexibility index (Phi) is 3.60. The second-order valence-corrected chi connectivity index (χ2v) is 8.00. The van der Waals surface area contributed by atoms with E-state index >= 15 is 0 Å². The number of likely N-dealkylation sites (tertiary alicyclic amines) is 1. The standard InChI is InChI=1S/C20H18N2O3S/c23-19-15(18-4-2-8-26-18)5-6-16-14-9-13(11-22(16)19)10-21(12-14)20(24)17-3-1-7-25-17/h1-8,13-14H,9-12H2/t13-,14+/m0/s1. The quantitative estimate of drug-likeness (QED) is 0.698. The van der Waals surface area contributed by atoms with Crippen molar-refractivity contribution in [3.63, 3.8) is 0 Å². The minimum absolute atomic E-state index is 0.0595. The number of amides is 1. The van der Waals surface area contributed by atoms with E-state index in [-0.39, 0.29) is 17.4 Å². The fraction of sp³-hybridized carbons (Fsp3) is 0.300. The molecule has 6 heteroatoms. The number of piperidine rings is 1. The van der Waals surface area contributed by atoms with Crippen molar-refractivity contribution in [3.05, 3.63) is 69.8 Å². The van der Waals surface area contributed by atoms with Crippen molar-refractivity contribution in [2.75, 3.05) is 13.1 Å². The molecule has 3 aromatic rings. The molecule has 5 heterocycles. The van der Waals surface area contributed by atoms with Gasteiger partial charge in [-0.15, -0.1) is 11.3 Å². The Morgan fingerprint density at radius 2 is 2.04 bits per heavy atom. The first-order chi connectivity index (χ1) is 12.7. The van der Waals surface area contributed by atoms with Gasteiger partial charge in [-0.2, -0.15) is 0 Å². The maximum atomic E-state index is 13.0. The number of hydrogen-bond donors (Lipinski definition) is 0. The van der Waals surface area contributed by atoms with Gasteiger partial charge < -0.3 is 13.9 Å². The molecule has 1 amide bonds. The van der Waals surface area contributed by atoms with Crippen molar-refractivity contribution < 1.29 is 9.21 Å². The molecule has 0 aromatic carbocycles. The summed E-state index contributed by atoms with van der Waals surface area (Å²) in [4.78, 5) is 28.5. The minimum atomic E-state index is -0.0595. The maximum absolute atomic E-state index is 13.0. The molecule has 0 saturated carbocycles. The van der Waals surface area contributed by atoms with Crippen LogP contribution in [0.3, 0.4) is 0 Å². The van der Waals surface area contributed by atoms with Gasteiger partial charge in [0.15, 0.2) is 5.76 Å². The van der Waals surface area contributed by atoms with Crippen LogP contribution in [-0.2, 0) is 6.54 Å². The Bertz CT molecular complexity index is 1000. The number of furan rings is 1. The van der Waals surface area contributed by atoms with E-state index < -0.39 is 0 Å². The van der Waals surface area contributed by atoms with Crippen molar-refractivity contribution in [2.45, 2.75) is 18.9 Å². The fourth-order valence-corrected chi connectivity index (χ4v) is 5.03. The molecule has 5 rings (SSSR count). The zero-order valence-corrected chi connectivity index (χ0v) is 14.9. The second-order valence-electron chi connectivity index (χ2n) is 7.05. The highest BCUT2D eigenvalue weighted by Gasteiger charge is 2.37. The molecule has 1 fully saturated rings. The monoisotopic (exact) mass is 366 g/mol. The van der Waals surface area contributed by atoms with E-state index in [0.717, 1.165) is 22.6 Å². The Balaban J connectivity index is 1.49. The third kappa shape index (κ3) is 2.44. The van der Waals surface area contributed by atoms with Gasteiger partial charge in [-0.3, -0.25) is 9.59 Å². The maximum Gasteiger partial charge on any atom is 0.289 e. The highest BCUT2D eigenvalue weighted by Crippen LogP contribution is 2.36. The van der Waals surface area contributed by atoms with Crippen LogP contribution in [0.4, 0.5) is 0 Å². The normalized spacial score (nSPS) is 21.5. The number of nitrogens with zero attached hydrogens (tertiary/aromatic N) is 2. The van der Waals surface area contributed by atoms with Gasteiger partial charge in [0.25, 0.3) is 11.5 Å². The summed E-state index contributed by atoms with van der Waals surface area (Å²) < 4.78 is 7.20. The molecule has 0 radical (unpaired) electrons. The predicted molar refractivity (Wildman–Crippen MR) is 99.5 cm³/mol. The van der Waals surface area contributed by atoms with Crippen molar-refractivity contribution in [3.8, 4) is 10.4 Å². The summed E-state index contributed by atoms with van der Waals surface area (Å²) in [6.45, 7) is 1.98. The molecule has 132 valence electrons. The van der Waals surface area contributed by atoms with E-state index in [9.17, 15) is 9.59 Å². The summed E-state index contributed by atoms with van der Waals surface area (Å²) in [5.74, 6) is 0.828. The molecule has 5 nitrogen and oxygen atoms in total. The largest absolute Gasteiger partial charge is 0.459 e. The van der Waals surface area contributed by atoms with Crippen LogP contribution in [0.15, 0.2) is 57.3 Å².